The van der Waals surface area contributed by atoms with E-state index in [2.05, 4.69) is 0 Å². The van der Waals surface area contributed by atoms with Crippen LogP contribution in [0.2, 0.25) is 5.02 Å². The van der Waals surface area contributed by atoms with Gasteiger partial charge in [0.2, 0.25) is 0 Å². The first-order chi connectivity index (χ1) is 13.3. The van der Waals surface area contributed by atoms with Gasteiger partial charge in [-0.2, -0.15) is 5.01 Å². The van der Waals surface area contributed by atoms with E-state index in [4.69, 9.17) is 16.3 Å². The number of halogens is 1. The number of carbonyl (C=O) groups is 2. The second-order valence-electron chi connectivity index (χ2n) is 6.96. The highest BCUT2D eigenvalue weighted by Gasteiger charge is 2.44. The first-order valence-electron chi connectivity index (χ1n) is 9.07. The van der Waals surface area contributed by atoms with Crippen molar-refractivity contribution >= 4 is 23.6 Å². The topological polar surface area (TPSA) is 70.1 Å². The Morgan fingerprint density at radius 1 is 1.14 bits per heavy atom. The van der Waals surface area contributed by atoms with E-state index in [0.29, 0.717) is 10.6 Å². The standard InChI is InChI=1S/C21H23ClN2O4/c1-13(18(25)15-9-11-17(22)12-10-15)20(26)24-21(27)28-19(14(2)23(24)3)16-7-5-4-6-8-16/h4-14,18-19,25H,1-3H3/t13-,14-,18-,19-/m0/s1. The van der Waals surface area contributed by atoms with Crippen molar-refractivity contribution in [2.24, 2.45) is 5.92 Å². The monoisotopic (exact) mass is 402 g/mol. The van der Waals surface area contributed by atoms with Gasteiger partial charge in [-0.25, -0.2) is 9.80 Å². The van der Waals surface area contributed by atoms with Crippen molar-refractivity contribution in [1.82, 2.24) is 10.0 Å². The molecule has 1 aliphatic heterocycles. The summed E-state index contributed by atoms with van der Waals surface area (Å²) >= 11 is 5.87. The highest BCUT2D eigenvalue weighted by molar-refractivity contribution is 6.30. The number of aliphatic hydroxyl groups excluding tert-OH is 1. The minimum absolute atomic E-state index is 0.260. The van der Waals surface area contributed by atoms with Crippen LogP contribution in [0.5, 0.6) is 0 Å². The molecule has 2 aromatic carbocycles. The molecule has 1 N–H and O–H groups in total. The zero-order valence-corrected chi connectivity index (χ0v) is 16.7. The van der Waals surface area contributed by atoms with Crippen molar-refractivity contribution in [2.75, 3.05) is 7.05 Å². The number of benzene rings is 2. The lowest BCUT2D eigenvalue weighted by molar-refractivity contribution is -0.169. The van der Waals surface area contributed by atoms with Gasteiger partial charge in [0.25, 0.3) is 5.91 Å². The summed E-state index contributed by atoms with van der Waals surface area (Å²) in [6.45, 7) is 3.46. The fourth-order valence-electron chi connectivity index (χ4n) is 3.28. The van der Waals surface area contributed by atoms with Gasteiger partial charge in [0, 0.05) is 12.1 Å². The Morgan fingerprint density at radius 2 is 1.75 bits per heavy atom. The van der Waals surface area contributed by atoms with Crippen LogP contribution in [0.4, 0.5) is 4.79 Å². The van der Waals surface area contributed by atoms with Gasteiger partial charge in [-0.1, -0.05) is 61.0 Å². The molecule has 2 aromatic rings. The molecule has 1 aliphatic rings. The molecule has 0 bridgehead atoms. The summed E-state index contributed by atoms with van der Waals surface area (Å²) in [5.41, 5.74) is 1.41. The van der Waals surface area contributed by atoms with Crippen molar-refractivity contribution < 1.29 is 19.4 Å². The Kier molecular flexibility index (Phi) is 6.03. The number of likely N-dealkylation sites (N-methyl/N-ethyl adjacent to an activating group) is 1. The fraction of sp³-hybridized carbons (Fsp3) is 0.333. The average molecular weight is 403 g/mol. The van der Waals surface area contributed by atoms with Crippen LogP contribution in [0, 0.1) is 5.92 Å². The molecule has 0 saturated carbocycles. The molecule has 4 atom stereocenters. The second kappa shape index (κ2) is 8.31. The number of aliphatic hydroxyl groups is 1. The van der Waals surface area contributed by atoms with E-state index in [0.717, 1.165) is 10.6 Å². The molecule has 148 valence electrons. The van der Waals surface area contributed by atoms with E-state index in [1.807, 2.05) is 37.3 Å². The average Bonchev–Trinajstić information content (AvgIpc) is 2.70. The maximum atomic E-state index is 13.0. The number of rotatable bonds is 4. The van der Waals surface area contributed by atoms with Gasteiger partial charge < -0.3 is 9.84 Å². The van der Waals surface area contributed by atoms with Crippen LogP contribution in [-0.4, -0.2) is 40.2 Å². The smallest absolute Gasteiger partial charge is 0.432 e. The summed E-state index contributed by atoms with van der Waals surface area (Å²) in [6, 6.07) is 15.7. The predicted molar refractivity (Wildman–Crippen MR) is 105 cm³/mol. The van der Waals surface area contributed by atoms with Crippen LogP contribution in [0.25, 0.3) is 0 Å². The lowest BCUT2D eigenvalue weighted by Crippen LogP contribution is -2.59. The summed E-state index contributed by atoms with van der Waals surface area (Å²) < 4.78 is 5.57. The molecule has 3 rings (SSSR count). The Labute approximate surface area is 169 Å². The first-order valence-corrected chi connectivity index (χ1v) is 9.45. The highest BCUT2D eigenvalue weighted by Crippen LogP contribution is 2.33. The Morgan fingerprint density at radius 3 is 2.36 bits per heavy atom. The number of hydrogen-bond acceptors (Lipinski definition) is 5. The molecular formula is C21H23ClN2O4. The Balaban J connectivity index is 1.78. The van der Waals surface area contributed by atoms with E-state index in [-0.39, 0.29) is 6.04 Å². The van der Waals surface area contributed by atoms with Crippen molar-refractivity contribution in [3.8, 4) is 0 Å². The quantitative estimate of drug-likeness (QED) is 0.838. The Hall–Kier alpha value is -2.41. The van der Waals surface area contributed by atoms with Crippen LogP contribution in [-0.2, 0) is 9.53 Å². The maximum absolute atomic E-state index is 13.0. The summed E-state index contributed by atoms with van der Waals surface area (Å²) in [7, 11) is 1.67. The third-order valence-corrected chi connectivity index (χ3v) is 5.41. The molecule has 0 aromatic heterocycles. The van der Waals surface area contributed by atoms with E-state index in [1.54, 1.807) is 43.2 Å². The number of hydrogen-bond donors (Lipinski definition) is 1. The van der Waals surface area contributed by atoms with E-state index in [1.165, 1.54) is 0 Å². The lowest BCUT2D eigenvalue weighted by Gasteiger charge is -2.43. The van der Waals surface area contributed by atoms with Crippen molar-refractivity contribution in [2.45, 2.75) is 32.1 Å². The summed E-state index contributed by atoms with van der Waals surface area (Å²) in [6.07, 6.45) is -2.32. The zero-order valence-electron chi connectivity index (χ0n) is 15.9. The van der Waals surface area contributed by atoms with Gasteiger partial charge in [0.05, 0.1) is 18.1 Å². The minimum atomic E-state index is -1.08. The molecule has 1 saturated heterocycles. The zero-order chi connectivity index (χ0) is 20.4. The van der Waals surface area contributed by atoms with Gasteiger partial charge in [-0.3, -0.25) is 4.79 Å². The summed E-state index contributed by atoms with van der Waals surface area (Å²) in [4.78, 5) is 25.6. The molecule has 0 unspecified atom stereocenters. The van der Waals surface area contributed by atoms with Gasteiger partial charge in [0.1, 0.15) is 6.10 Å². The van der Waals surface area contributed by atoms with Gasteiger partial charge in [-0.05, 0) is 30.2 Å². The number of amides is 2. The van der Waals surface area contributed by atoms with E-state index >= 15 is 0 Å². The number of ether oxygens (including phenoxy) is 1. The number of cyclic esters (lactones) is 1. The molecule has 6 nitrogen and oxygen atoms in total. The van der Waals surface area contributed by atoms with E-state index in [9.17, 15) is 14.7 Å². The highest BCUT2D eigenvalue weighted by atomic mass is 35.5. The van der Waals surface area contributed by atoms with Crippen molar-refractivity contribution in [1.29, 1.82) is 0 Å². The molecular weight excluding hydrogens is 380 g/mol. The number of imide groups is 1. The third-order valence-electron chi connectivity index (χ3n) is 5.16. The van der Waals surface area contributed by atoms with Gasteiger partial charge in [0.15, 0.2) is 0 Å². The summed E-state index contributed by atoms with van der Waals surface area (Å²) in [5.74, 6) is -1.38. The normalized spacial score (nSPS) is 22.5. The van der Waals surface area contributed by atoms with Crippen LogP contribution in [0.15, 0.2) is 54.6 Å². The van der Waals surface area contributed by atoms with Crippen LogP contribution >= 0.6 is 11.6 Å². The minimum Gasteiger partial charge on any atom is -0.438 e. The van der Waals surface area contributed by atoms with Crippen molar-refractivity contribution in [3.05, 3.63) is 70.7 Å². The summed E-state index contributed by atoms with van der Waals surface area (Å²) in [5, 5.41) is 13.7. The molecule has 28 heavy (non-hydrogen) atoms. The molecule has 1 heterocycles. The van der Waals surface area contributed by atoms with Gasteiger partial charge in [-0.15, -0.1) is 0 Å². The lowest BCUT2D eigenvalue weighted by atomic mass is 9.96. The fourth-order valence-corrected chi connectivity index (χ4v) is 3.40. The first kappa shape index (κ1) is 20.3. The SMILES string of the molecule is C[C@H](C(=O)N1C(=O)O[C@H](c2ccccc2)[C@H](C)N1C)[C@H](O)c1ccc(Cl)cc1. The molecule has 7 heteroatoms. The number of carbonyl (C=O) groups excluding carboxylic acids is 2. The number of nitrogens with zero attached hydrogens (tertiary/aromatic N) is 2. The Bertz CT molecular complexity index is 843. The molecule has 0 spiro atoms. The molecule has 1 fully saturated rings. The maximum Gasteiger partial charge on any atom is 0.432 e. The molecule has 0 radical (unpaired) electrons. The predicted octanol–water partition coefficient (Wildman–Crippen LogP) is 3.96. The van der Waals surface area contributed by atoms with Crippen LogP contribution in [0.1, 0.15) is 37.2 Å². The van der Waals surface area contributed by atoms with Crippen LogP contribution in [0.3, 0.4) is 0 Å². The van der Waals surface area contributed by atoms with Crippen LogP contribution < -0.4 is 0 Å². The molecule has 0 aliphatic carbocycles. The number of hydrazine groups is 1. The van der Waals surface area contributed by atoms with E-state index < -0.39 is 30.1 Å². The second-order valence-corrected chi connectivity index (χ2v) is 7.40. The molecule has 2 amide bonds. The van der Waals surface area contributed by atoms with Gasteiger partial charge >= 0.3 is 6.09 Å². The largest absolute Gasteiger partial charge is 0.438 e. The third kappa shape index (κ3) is 3.90. The van der Waals surface area contributed by atoms with Crippen molar-refractivity contribution in [3.63, 3.8) is 0 Å².